The van der Waals surface area contributed by atoms with E-state index in [4.69, 9.17) is 0 Å². The Morgan fingerprint density at radius 2 is 2.38 bits per heavy atom. The van der Waals surface area contributed by atoms with E-state index in [2.05, 4.69) is 10.6 Å². The van der Waals surface area contributed by atoms with Crippen LogP contribution in [0, 0.1) is 6.92 Å². The van der Waals surface area contributed by atoms with Gasteiger partial charge in [-0.15, -0.1) is 0 Å². The summed E-state index contributed by atoms with van der Waals surface area (Å²) in [5, 5.41) is 5.47. The monoisotopic (exact) mass is 222 g/mol. The van der Waals surface area contributed by atoms with Crippen LogP contribution in [0.2, 0.25) is 0 Å². The first kappa shape index (κ1) is 11.1. The average molecular weight is 222 g/mol. The Hall–Kier alpha value is -1.42. The molecule has 0 saturated carbocycles. The fourth-order valence-corrected chi connectivity index (χ4v) is 1.82. The third-order valence-corrected chi connectivity index (χ3v) is 2.79. The Balaban J connectivity index is 2.07. The molecule has 2 N–H and O–H groups in total. The molecular weight excluding hydrogens is 207 g/mol. The van der Waals surface area contributed by atoms with Crippen LogP contribution in [0.3, 0.4) is 0 Å². The van der Waals surface area contributed by atoms with Gasteiger partial charge in [0, 0.05) is 18.7 Å². The van der Waals surface area contributed by atoms with Crippen molar-refractivity contribution in [3.63, 3.8) is 0 Å². The highest BCUT2D eigenvalue weighted by molar-refractivity contribution is 5.97. The molecule has 3 nitrogen and oxygen atoms in total. The summed E-state index contributed by atoms with van der Waals surface area (Å²) in [7, 11) is 0. The number of aryl methyl sites for hydroxylation is 1. The fourth-order valence-electron chi connectivity index (χ4n) is 1.82. The Bertz CT molecular complexity index is 400. The van der Waals surface area contributed by atoms with Crippen molar-refractivity contribution in [1.29, 1.82) is 0 Å². The number of halogens is 1. The zero-order valence-corrected chi connectivity index (χ0v) is 9.22. The van der Waals surface area contributed by atoms with Crippen LogP contribution in [0.1, 0.15) is 12.0 Å². The summed E-state index contributed by atoms with van der Waals surface area (Å²) >= 11 is 0. The molecule has 1 unspecified atom stereocenters. The highest BCUT2D eigenvalue weighted by atomic mass is 19.1. The van der Waals surface area contributed by atoms with Gasteiger partial charge < -0.3 is 10.6 Å². The number of nitrogens with one attached hydrogen (secondary N) is 2. The quantitative estimate of drug-likeness (QED) is 0.798. The Morgan fingerprint density at radius 1 is 1.56 bits per heavy atom. The van der Waals surface area contributed by atoms with E-state index in [1.807, 2.05) is 25.1 Å². The number of hydrogen-bond donors (Lipinski definition) is 2. The van der Waals surface area contributed by atoms with Crippen molar-refractivity contribution in [1.82, 2.24) is 5.32 Å². The van der Waals surface area contributed by atoms with E-state index < -0.39 is 11.6 Å². The number of carbonyl (C=O) groups is 1. The molecule has 16 heavy (non-hydrogen) atoms. The lowest BCUT2D eigenvalue weighted by molar-refractivity contribution is -0.126. The predicted molar refractivity (Wildman–Crippen MR) is 61.1 cm³/mol. The van der Waals surface area contributed by atoms with Crippen molar-refractivity contribution in [2.75, 3.05) is 18.4 Å². The highest BCUT2D eigenvalue weighted by Gasteiger charge is 2.41. The molecule has 4 heteroatoms. The van der Waals surface area contributed by atoms with Crippen LogP contribution in [0.15, 0.2) is 24.3 Å². The van der Waals surface area contributed by atoms with Gasteiger partial charge in [-0.25, -0.2) is 4.39 Å². The maximum atomic E-state index is 14.0. The van der Waals surface area contributed by atoms with E-state index >= 15 is 0 Å². The molecular formula is C12H15FN2O. The van der Waals surface area contributed by atoms with Gasteiger partial charge in [0.1, 0.15) is 0 Å². The molecule has 0 bridgehead atoms. The lowest BCUT2D eigenvalue weighted by atomic mass is 10.0. The second-order valence-electron chi connectivity index (χ2n) is 4.22. The van der Waals surface area contributed by atoms with Gasteiger partial charge in [-0.05, 0) is 31.2 Å². The molecule has 0 aromatic heterocycles. The van der Waals surface area contributed by atoms with Gasteiger partial charge in [0.25, 0.3) is 5.91 Å². The van der Waals surface area contributed by atoms with Crippen LogP contribution in [-0.2, 0) is 4.79 Å². The maximum Gasteiger partial charge on any atom is 0.263 e. The summed E-state index contributed by atoms with van der Waals surface area (Å²) in [6.45, 7) is 2.58. The molecule has 0 radical (unpaired) electrons. The summed E-state index contributed by atoms with van der Waals surface area (Å²) in [5.74, 6) is -0.553. The van der Waals surface area contributed by atoms with Crippen molar-refractivity contribution >= 4 is 11.6 Å². The zero-order valence-electron chi connectivity index (χ0n) is 9.22. The lowest BCUT2D eigenvalue weighted by Gasteiger charge is -2.17. The molecule has 1 heterocycles. The van der Waals surface area contributed by atoms with E-state index in [1.165, 1.54) is 0 Å². The number of alkyl halides is 1. The first-order chi connectivity index (χ1) is 7.60. The third-order valence-electron chi connectivity index (χ3n) is 2.79. The molecule has 1 amide bonds. The Kier molecular flexibility index (Phi) is 2.92. The van der Waals surface area contributed by atoms with Crippen LogP contribution in [0.4, 0.5) is 10.1 Å². The van der Waals surface area contributed by atoms with Gasteiger partial charge in [-0.1, -0.05) is 12.1 Å². The number of carbonyl (C=O) groups excluding carboxylic acids is 1. The molecule has 1 atom stereocenters. The molecule has 0 aliphatic carbocycles. The molecule has 1 aliphatic heterocycles. The largest absolute Gasteiger partial charge is 0.323 e. The highest BCUT2D eigenvalue weighted by Crippen LogP contribution is 2.22. The Labute approximate surface area is 94.0 Å². The van der Waals surface area contributed by atoms with Crippen LogP contribution in [0.25, 0.3) is 0 Å². The van der Waals surface area contributed by atoms with Gasteiger partial charge in [-0.3, -0.25) is 4.79 Å². The minimum Gasteiger partial charge on any atom is -0.323 e. The van der Waals surface area contributed by atoms with E-state index in [0.717, 1.165) is 5.56 Å². The summed E-state index contributed by atoms with van der Waals surface area (Å²) in [5.41, 5.74) is -0.0757. The lowest BCUT2D eigenvalue weighted by Crippen LogP contribution is -2.40. The van der Waals surface area contributed by atoms with E-state index in [0.29, 0.717) is 12.2 Å². The van der Waals surface area contributed by atoms with E-state index in [1.54, 1.807) is 6.07 Å². The third kappa shape index (κ3) is 2.22. The molecule has 1 aromatic rings. The molecule has 2 rings (SSSR count). The SMILES string of the molecule is Cc1cccc(NC(=O)C2(F)CCNC2)c1. The number of rotatable bonds is 2. The zero-order chi connectivity index (χ0) is 11.6. The second-order valence-corrected chi connectivity index (χ2v) is 4.22. The summed E-state index contributed by atoms with van der Waals surface area (Å²) in [6.07, 6.45) is 0.241. The van der Waals surface area contributed by atoms with E-state index in [-0.39, 0.29) is 13.0 Å². The van der Waals surface area contributed by atoms with Crippen LogP contribution < -0.4 is 10.6 Å². The topological polar surface area (TPSA) is 41.1 Å². The predicted octanol–water partition coefficient (Wildman–Crippen LogP) is 1.64. The van der Waals surface area contributed by atoms with Gasteiger partial charge in [-0.2, -0.15) is 0 Å². The van der Waals surface area contributed by atoms with Gasteiger partial charge in [0.2, 0.25) is 5.67 Å². The molecule has 1 aliphatic rings. The standard InChI is InChI=1S/C12H15FN2O/c1-9-3-2-4-10(7-9)15-11(16)12(13)5-6-14-8-12/h2-4,7,14H,5-6,8H2,1H3,(H,15,16). The van der Waals surface area contributed by atoms with Crippen LogP contribution >= 0.6 is 0 Å². The number of benzene rings is 1. The smallest absolute Gasteiger partial charge is 0.263 e. The minimum atomic E-state index is -1.76. The Morgan fingerprint density at radius 3 is 3.00 bits per heavy atom. The molecule has 1 fully saturated rings. The van der Waals surface area contributed by atoms with Gasteiger partial charge in [0.15, 0.2) is 0 Å². The number of amides is 1. The van der Waals surface area contributed by atoms with Crippen molar-refractivity contribution in [2.24, 2.45) is 0 Å². The van der Waals surface area contributed by atoms with Gasteiger partial charge in [0.05, 0.1) is 0 Å². The minimum absolute atomic E-state index is 0.102. The van der Waals surface area contributed by atoms with Crippen molar-refractivity contribution < 1.29 is 9.18 Å². The van der Waals surface area contributed by atoms with E-state index in [9.17, 15) is 9.18 Å². The van der Waals surface area contributed by atoms with Crippen molar-refractivity contribution in [3.05, 3.63) is 29.8 Å². The summed E-state index contributed by atoms with van der Waals surface area (Å²) < 4.78 is 14.0. The van der Waals surface area contributed by atoms with Crippen LogP contribution in [-0.4, -0.2) is 24.7 Å². The first-order valence-electron chi connectivity index (χ1n) is 5.38. The molecule has 1 saturated heterocycles. The fraction of sp³-hybridized carbons (Fsp3) is 0.417. The van der Waals surface area contributed by atoms with Crippen molar-refractivity contribution in [3.8, 4) is 0 Å². The summed E-state index contributed by atoms with van der Waals surface area (Å²) in [6, 6.07) is 7.35. The number of anilines is 1. The first-order valence-corrected chi connectivity index (χ1v) is 5.38. The molecule has 0 spiro atoms. The van der Waals surface area contributed by atoms with Gasteiger partial charge >= 0.3 is 0 Å². The average Bonchev–Trinajstić information content (AvgIpc) is 2.66. The summed E-state index contributed by atoms with van der Waals surface area (Å²) in [4.78, 5) is 11.7. The number of hydrogen-bond acceptors (Lipinski definition) is 2. The maximum absolute atomic E-state index is 14.0. The van der Waals surface area contributed by atoms with Crippen molar-refractivity contribution in [2.45, 2.75) is 19.0 Å². The molecule has 86 valence electrons. The second kappa shape index (κ2) is 4.22. The molecule has 1 aromatic carbocycles. The van der Waals surface area contributed by atoms with Crippen LogP contribution in [0.5, 0.6) is 0 Å². The normalized spacial score (nSPS) is 24.4.